The summed E-state index contributed by atoms with van der Waals surface area (Å²) in [4.78, 5) is 17.0. The van der Waals surface area contributed by atoms with Gasteiger partial charge < -0.3 is 14.5 Å². The Morgan fingerprint density at radius 2 is 1.69 bits per heavy atom. The fourth-order valence-corrected chi connectivity index (χ4v) is 4.62. The van der Waals surface area contributed by atoms with Crippen LogP contribution in [-0.4, -0.2) is 37.0 Å². The minimum absolute atomic E-state index is 0.116. The van der Waals surface area contributed by atoms with E-state index in [4.69, 9.17) is 4.74 Å². The van der Waals surface area contributed by atoms with Crippen molar-refractivity contribution in [2.75, 3.05) is 31.1 Å². The SMILES string of the molecule is N#C/C(=C/c1ccc(OCc2ccccc2C#N)c(I)c1)C(=O)N1CCN(c2ccccc2)CC1. The first-order valence-electron chi connectivity index (χ1n) is 11.2. The van der Waals surface area contributed by atoms with E-state index in [2.05, 4.69) is 51.8 Å². The lowest BCUT2D eigenvalue weighted by Crippen LogP contribution is -2.49. The molecule has 0 aliphatic carbocycles. The molecule has 4 rings (SSSR count). The summed E-state index contributed by atoms with van der Waals surface area (Å²) in [5.74, 6) is 0.431. The van der Waals surface area contributed by atoms with E-state index >= 15 is 0 Å². The predicted octanol–water partition coefficient (Wildman–Crippen LogP) is 5.00. The van der Waals surface area contributed by atoms with E-state index < -0.39 is 0 Å². The van der Waals surface area contributed by atoms with Crippen molar-refractivity contribution in [3.8, 4) is 17.9 Å². The highest BCUT2D eigenvalue weighted by Gasteiger charge is 2.24. The number of nitrogens with zero attached hydrogens (tertiary/aromatic N) is 4. The quantitative estimate of drug-likeness (QED) is 0.235. The van der Waals surface area contributed by atoms with Crippen LogP contribution in [0, 0.1) is 26.2 Å². The Morgan fingerprint density at radius 1 is 0.971 bits per heavy atom. The zero-order valence-corrected chi connectivity index (χ0v) is 21.2. The first-order chi connectivity index (χ1) is 17.1. The first kappa shape index (κ1) is 24.3. The molecule has 0 N–H and O–H groups in total. The van der Waals surface area contributed by atoms with Crippen LogP contribution in [0.1, 0.15) is 16.7 Å². The van der Waals surface area contributed by atoms with Crippen LogP contribution in [-0.2, 0) is 11.4 Å². The maximum Gasteiger partial charge on any atom is 0.264 e. The summed E-state index contributed by atoms with van der Waals surface area (Å²) in [6, 6.07) is 27.2. The Hall–Kier alpha value is -3.82. The number of halogens is 1. The van der Waals surface area contributed by atoms with Gasteiger partial charge in [-0.15, -0.1) is 0 Å². The summed E-state index contributed by atoms with van der Waals surface area (Å²) in [6.45, 7) is 2.88. The Bertz CT molecular complexity index is 1320. The topological polar surface area (TPSA) is 80.4 Å². The number of rotatable bonds is 6. The molecular weight excluding hydrogens is 551 g/mol. The number of nitriles is 2. The van der Waals surface area contributed by atoms with Gasteiger partial charge in [0, 0.05) is 37.4 Å². The number of benzene rings is 3. The molecule has 6 nitrogen and oxygen atoms in total. The number of anilines is 1. The molecule has 1 heterocycles. The Labute approximate surface area is 218 Å². The van der Waals surface area contributed by atoms with Gasteiger partial charge in [-0.3, -0.25) is 4.79 Å². The Kier molecular flexibility index (Phi) is 8.02. The molecule has 174 valence electrons. The second kappa shape index (κ2) is 11.5. The zero-order valence-electron chi connectivity index (χ0n) is 19.0. The molecule has 0 atom stereocenters. The number of hydrogen-bond donors (Lipinski definition) is 0. The van der Waals surface area contributed by atoms with Crippen molar-refractivity contribution in [3.63, 3.8) is 0 Å². The summed E-state index contributed by atoms with van der Waals surface area (Å²) in [5, 5.41) is 18.9. The van der Waals surface area contributed by atoms with E-state index in [1.54, 1.807) is 17.0 Å². The van der Waals surface area contributed by atoms with Gasteiger partial charge in [0.05, 0.1) is 15.2 Å². The third kappa shape index (κ3) is 6.00. The third-order valence-corrected chi connectivity index (χ3v) is 6.67. The number of piperazine rings is 1. The normalized spacial score (nSPS) is 13.6. The van der Waals surface area contributed by atoms with Crippen LogP contribution in [0.25, 0.3) is 6.08 Å². The van der Waals surface area contributed by atoms with Gasteiger partial charge in [-0.05, 0) is 64.6 Å². The minimum atomic E-state index is -0.247. The van der Waals surface area contributed by atoms with Gasteiger partial charge >= 0.3 is 0 Å². The van der Waals surface area contributed by atoms with Crippen molar-refractivity contribution in [2.45, 2.75) is 6.61 Å². The number of carbonyl (C=O) groups excluding carboxylic acids is 1. The maximum absolute atomic E-state index is 13.0. The Morgan fingerprint density at radius 3 is 2.37 bits per heavy atom. The summed E-state index contributed by atoms with van der Waals surface area (Å²) in [7, 11) is 0. The largest absolute Gasteiger partial charge is 0.488 e. The van der Waals surface area contributed by atoms with Crippen molar-refractivity contribution >= 4 is 40.3 Å². The van der Waals surface area contributed by atoms with Gasteiger partial charge in [0.15, 0.2) is 0 Å². The van der Waals surface area contributed by atoms with Crippen LogP contribution < -0.4 is 9.64 Å². The summed E-state index contributed by atoms with van der Waals surface area (Å²) in [6.07, 6.45) is 1.63. The van der Waals surface area contributed by atoms with Crippen LogP contribution in [0.3, 0.4) is 0 Å². The smallest absolute Gasteiger partial charge is 0.264 e. The summed E-state index contributed by atoms with van der Waals surface area (Å²) >= 11 is 2.17. The van der Waals surface area contributed by atoms with Gasteiger partial charge in [0.2, 0.25) is 0 Å². The minimum Gasteiger partial charge on any atom is -0.488 e. The van der Waals surface area contributed by atoms with Crippen LogP contribution in [0.15, 0.2) is 78.4 Å². The predicted molar refractivity (Wildman–Crippen MR) is 143 cm³/mol. The van der Waals surface area contributed by atoms with Crippen molar-refractivity contribution in [2.24, 2.45) is 0 Å². The van der Waals surface area contributed by atoms with Crippen LogP contribution in [0.5, 0.6) is 5.75 Å². The van der Waals surface area contributed by atoms with E-state index in [0.29, 0.717) is 24.4 Å². The number of para-hydroxylation sites is 1. The first-order valence-corrected chi connectivity index (χ1v) is 12.3. The molecular formula is C28H23IN4O2. The van der Waals surface area contributed by atoms with Crippen molar-refractivity contribution in [1.82, 2.24) is 4.90 Å². The number of ether oxygens (including phenoxy) is 1. The van der Waals surface area contributed by atoms with Crippen molar-refractivity contribution in [1.29, 1.82) is 10.5 Å². The van der Waals surface area contributed by atoms with Gasteiger partial charge in [0.25, 0.3) is 5.91 Å². The van der Waals surface area contributed by atoms with E-state index in [-0.39, 0.29) is 18.1 Å². The standard InChI is InChI=1S/C28H23IN4O2/c29-26-17-21(10-11-27(26)35-20-23-7-5-4-6-22(23)18-30)16-24(19-31)28(34)33-14-12-32(13-15-33)25-8-2-1-3-9-25/h1-11,16-17H,12-15,20H2/b24-16-. The highest BCUT2D eigenvalue weighted by molar-refractivity contribution is 14.1. The summed E-state index contributed by atoms with van der Waals surface area (Å²) in [5.41, 5.74) is 3.42. The molecule has 3 aromatic rings. The molecule has 1 amide bonds. The maximum atomic E-state index is 13.0. The van der Waals surface area contributed by atoms with Crippen LogP contribution in [0.2, 0.25) is 0 Å². The lowest BCUT2D eigenvalue weighted by molar-refractivity contribution is -0.126. The van der Waals surface area contributed by atoms with E-state index in [1.165, 1.54) is 0 Å². The highest BCUT2D eigenvalue weighted by atomic mass is 127. The van der Waals surface area contributed by atoms with E-state index in [0.717, 1.165) is 33.5 Å². The molecule has 0 bridgehead atoms. The summed E-state index contributed by atoms with van der Waals surface area (Å²) < 4.78 is 6.77. The average molecular weight is 574 g/mol. The fourth-order valence-electron chi connectivity index (χ4n) is 3.92. The number of amides is 1. The van der Waals surface area contributed by atoms with Gasteiger partial charge in [-0.1, -0.05) is 42.5 Å². The Balaban J connectivity index is 1.40. The zero-order chi connectivity index (χ0) is 24.6. The van der Waals surface area contributed by atoms with E-state index in [1.807, 2.05) is 54.6 Å². The van der Waals surface area contributed by atoms with Gasteiger partial charge in [0.1, 0.15) is 24.0 Å². The molecule has 35 heavy (non-hydrogen) atoms. The number of hydrogen-bond acceptors (Lipinski definition) is 5. The van der Waals surface area contributed by atoms with E-state index in [9.17, 15) is 15.3 Å². The molecule has 1 fully saturated rings. The molecule has 0 spiro atoms. The monoisotopic (exact) mass is 574 g/mol. The average Bonchev–Trinajstić information content (AvgIpc) is 2.91. The molecule has 0 unspecified atom stereocenters. The molecule has 1 saturated heterocycles. The fraction of sp³-hybridized carbons (Fsp3) is 0.179. The number of carbonyl (C=O) groups is 1. The lowest BCUT2D eigenvalue weighted by Gasteiger charge is -2.36. The molecule has 0 aromatic heterocycles. The molecule has 1 aliphatic heterocycles. The lowest BCUT2D eigenvalue weighted by atomic mass is 10.1. The second-order valence-electron chi connectivity index (χ2n) is 8.03. The molecule has 3 aromatic carbocycles. The second-order valence-corrected chi connectivity index (χ2v) is 9.19. The van der Waals surface area contributed by atoms with Gasteiger partial charge in [-0.2, -0.15) is 10.5 Å². The molecule has 1 aliphatic rings. The van der Waals surface area contributed by atoms with Crippen molar-refractivity contribution < 1.29 is 9.53 Å². The highest BCUT2D eigenvalue weighted by Crippen LogP contribution is 2.25. The van der Waals surface area contributed by atoms with Crippen LogP contribution >= 0.6 is 22.6 Å². The third-order valence-electron chi connectivity index (χ3n) is 5.83. The molecule has 0 saturated carbocycles. The molecule has 7 heteroatoms. The molecule has 0 radical (unpaired) electrons. The van der Waals surface area contributed by atoms with Gasteiger partial charge in [-0.25, -0.2) is 0 Å². The van der Waals surface area contributed by atoms with Crippen molar-refractivity contribution in [3.05, 3.63) is 98.6 Å². The van der Waals surface area contributed by atoms with Crippen LogP contribution in [0.4, 0.5) is 5.69 Å².